The maximum Gasteiger partial charge on any atom is 0.163 e. The molecular weight excluding hydrogens is 284 g/mol. The highest BCUT2D eigenvalue weighted by atomic mass is 79.9. The van der Waals surface area contributed by atoms with Crippen LogP contribution in [0.15, 0.2) is 29.3 Å². The number of thioether (sulfide) groups is 1. The second-order valence-corrected chi connectivity index (χ2v) is 5.83. The lowest BCUT2D eigenvalue weighted by Crippen LogP contribution is -2.22. The molecule has 0 saturated carbocycles. The number of anilines is 1. The summed E-state index contributed by atoms with van der Waals surface area (Å²) in [6.45, 7) is 3.03. The Kier molecular flexibility index (Phi) is 3.92. The molecule has 0 aromatic heterocycles. The number of hydrogen-bond acceptors (Lipinski definition) is 3. The lowest BCUT2D eigenvalue weighted by Gasteiger charge is -2.19. The third kappa shape index (κ3) is 2.61. The van der Waals surface area contributed by atoms with Crippen LogP contribution < -0.4 is 4.90 Å². The van der Waals surface area contributed by atoms with E-state index in [4.69, 9.17) is 0 Å². The number of aliphatic imine (C=N–C) groups is 1. The summed E-state index contributed by atoms with van der Waals surface area (Å²) in [5, 5.41) is 2.71. The third-order valence-corrected chi connectivity index (χ3v) is 5.02. The molecule has 0 saturated heterocycles. The molecule has 0 amide bonds. The normalized spacial score (nSPS) is 19.7. The Labute approximate surface area is 109 Å². The predicted octanol–water partition coefficient (Wildman–Crippen LogP) is 3.30. The van der Waals surface area contributed by atoms with Gasteiger partial charge in [0.2, 0.25) is 0 Å². The van der Waals surface area contributed by atoms with Gasteiger partial charge in [-0.3, -0.25) is 4.99 Å². The molecule has 1 atom stereocenters. The predicted molar refractivity (Wildman–Crippen MR) is 77.1 cm³/mol. The highest BCUT2D eigenvalue weighted by molar-refractivity contribution is 9.09. The zero-order valence-electron chi connectivity index (χ0n) is 9.48. The van der Waals surface area contributed by atoms with E-state index in [0.29, 0.717) is 5.25 Å². The minimum atomic E-state index is 0.585. The molecule has 0 N–H and O–H groups in total. The molecule has 16 heavy (non-hydrogen) atoms. The van der Waals surface area contributed by atoms with Crippen LogP contribution in [0.2, 0.25) is 0 Å². The first-order valence-corrected chi connectivity index (χ1v) is 7.28. The van der Waals surface area contributed by atoms with Crippen LogP contribution in [0.3, 0.4) is 0 Å². The summed E-state index contributed by atoms with van der Waals surface area (Å²) in [5.41, 5.74) is 2.49. The van der Waals surface area contributed by atoms with Gasteiger partial charge in [-0.2, -0.15) is 0 Å². The Bertz CT molecular complexity index is 406. The van der Waals surface area contributed by atoms with Crippen LogP contribution >= 0.6 is 27.7 Å². The summed E-state index contributed by atoms with van der Waals surface area (Å²) in [6, 6.07) is 8.51. The lowest BCUT2D eigenvalue weighted by atomic mass is 10.2. The van der Waals surface area contributed by atoms with Crippen LogP contribution in [-0.4, -0.2) is 29.3 Å². The summed E-state index contributed by atoms with van der Waals surface area (Å²) in [4.78, 5) is 6.74. The highest BCUT2D eigenvalue weighted by Gasteiger charge is 2.21. The molecule has 1 heterocycles. The van der Waals surface area contributed by atoms with Crippen molar-refractivity contribution in [3.8, 4) is 0 Å². The lowest BCUT2D eigenvalue weighted by molar-refractivity contribution is 0.990. The van der Waals surface area contributed by atoms with Gasteiger partial charge < -0.3 is 4.90 Å². The SMILES string of the molecule is Cc1cccc(N(C)C2=NCC(CBr)S2)c1. The van der Waals surface area contributed by atoms with Crippen molar-refractivity contribution in [3.63, 3.8) is 0 Å². The van der Waals surface area contributed by atoms with Gasteiger partial charge in [0, 0.05) is 23.3 Å². The Morgan fingerprint density at radius 3 is 3.00 bits per heavy atom. The molecule has 0 radical (unpaired) electrons. The number of amidine groups is 1. The molecule has 2 nitrogen and oxygen atoms in total. The molecule has 1 unspecified atom stereocenters. The van der Waals surface area contributed by atoms with Gasteiger partial charge in [-0.1, -0.05) is 39.8 Å². The maximum atomic E-state index is 4.57. The van der Waals surface area contributed by atoms with Crippen LogP contribution in [0.5, 0.6) is 0 Å². The van der Waals surface area contributed by atoms with Crippen molar-refractivity contribution in [2.24, 2.45) is 4.99 Å². The fourth-order valence-electron chi connectivity index (χ4n) is 1.62. The van der Waals surface area contributed by atoms with E-state index in [1.165, 1.54) is 11.3 Å². The van der Waals surface area contributed by atoms with E-state index < -0.39 is 0 Å². The molecule has 2 rings (SSSR count). The second-order valence-electron chi connectivity index (χ2n) is 3.92. The third-order valence-electron chi connectivity index (χ3n) is 2.55. The number of halogens is 1. The first kappa shape index (κ1) is 12.0. The number of nitrogens with zero attached hydrogens (tertiary/aromatic N) is 2. The molecule has 1 aliphatic rings. The molecule has 1 aromatic rings. The molecule has 0 aliphatic carbocycles. The van der Waals surface area contributed by atoms with Crippen molar-refractivity contribution < 1.29 is 0 Å². The van der Waals surface area contributed by atoms with Gasteiger partial charge in [0.15, 0.2) is 5.17 Å². The van der Waals surface area contributed by atoms with Gasteiger partial charge >= 0.3 is 0 Å². The largest absolute Gasteiger partial charge is 0.324 e. The van der Waals surface area contributed by atoms with Crippen LogP contribution in [0.25, 0.3) is 0 Å². The van der Waals surface area contributed by atoms with Gasteiger partial charge in [-0.15, -0.1) is 0 Å². The van der Waals surface area contributed by atoms with Crippen molar-refractivity contribution in [1.82, 2.24) is 0 Å². The summed E-state index contributed by atoms with van der Waals surface area (Å²) in [7, 11) is 2.08. The minimum absolute atomic E-state index is 0.585. The van der Waals surface area contributed by atoms with E-state index in [1.54, 1.807) is 0 Å². The Balaban J connectivity index is 2.11. The fraction of sp³-hybridized carbons (Fsp3) is 0.417. The maximum absolute atomic E-state index is 4.57. The number of rotatable bonds is 2. The minimum Gasteiger partial charge on any atom is -0.324 e. The molecular formula is C12H15BrN2S. The van der Waals surface area contributed by atoms with E-state index in [-0.39, 0.29) is 0 Å². The van der Waals surface area contributed by atoms with E-state index in [0.717, 1.165) is 17.0 Å². The van der Waals surface area contributed by atoms with Crippen LogP contribution in [0, 0.1) is 6.92 Å². The van der Waals surface area contributed by atoms with Crippen LogP contribution in [0.4, 0.5) is 5.69 Å². The monoisotopic (exact) mass is 298 g/mol. The van der Waals surface area contributed by atoms with Crippen molar-refractivity contribution in [2.75, 3.05) is 23.8 Å². The first-order valence-electron chi connectivity index (χ1n) is 5.28. The molecule has 86 valence electrons. The average Bonchev–Trinajstić information content (AvgIpc) is 2.76. The Morgan fingerprint density at radius 1 is 1.56 bits per heavy atom. The Hall–Kier alpha value is -0.480. The van der Waals surface area contributed by atoms with Crippen LogP contribution in [-0.2, 0) is 0 Å². The zero-order chi connectivity index (χ0) is 11.5. The van der Waals surface area contributed by atoms with Gasteiger partial charge in [0.25, 0.3) is 0 Å². The van der Waals surface area contributed by atoms with E-state index in [9.17, 15) is 0 Å². The molecule has 1 aliphatic heterocycles. The van der Waals surface area contributed by atoms with Gasteiger partial charge in [-0.05, 0) is 24.6 Å². The quantitative estimate of drug-likeness (QED) is 0.779. The van der Waals surface area contributed by atoms with E-state index in [1.807, 2.05) is 11.8 Å². The molecule has 4 heteroatoms. The van der Waals surface area contributed by atoms with Crippen molar-refractivity contribution in [2.45, 2.75) is 12.2 Å². The molecule has 0 spiro atoms. The van der Waals surface area contributed by atoms with E-state index in [2.05, 4.69) is 64.1 Å². The summed E-state index contributed by atoms with van der Waals surface area (Å²) in [5.74, 6) is 0. The second kappa shape index (κ2) is 5.23. The summed E-state index contributed by atoms with van der Waals surface area (Å²) >= 11 is 5.36. The van der Waals surface area contributed by atoms with Gasteiger partial charge in [0.05, 0.1) is 6.54 Å². The number of alkyl halides is 1. The number of benzene rings is 1. The number of hydrogen-bond donors (Lipinski definition) is 0. The average molecular weight is 299 g/mol. The van der Waals surface area contributed by atoms with Crippen LogP contribution in [0.1, 0.15) is 5.56 Å². The fourth-order valence-corrected chi connectivity index (χ4v) is 3.14. The topological polar surface area (TPSA) is 15.6 Å². The summed E-state index contributed by atoms with van der Waals surface area (Å²) < 4.78 is 0. The van der Waals surface area contributed by atoms with E-state index >= 15 is 0 Å². The zero-order valence-corrected chi connectivity index (χ0v) is 11.9. The Morgan fingerprint density at radius 2 is 2.38 bits per heavy atom. The van der Waals surface area contributed by atoms with Gasteiger partial charge in [-0.25, -0.2) is 0 Å². The number of aryl methyl sites for hydroxylation is 1. The van der Waals surface area contributed by atoms with Crippen molar-refractivity contribution in [1.29, 1.82) is 0 Å². The van der Waals surface area contributed by atoms with Gasteiger partial charge in [0.1, 0.15) is 0 Å². The summed E-state index contributed by atoms with van der Waals surface area (Å²) in [6.07, 6.45) is 0. The smallest absolute Gasteiger partial charge is 0.163 e. The molecule has 0 bridgehead atoms. The highest BCUT2D eigenvalue weighted by Crippen LogP contribution is 2.27. The standard InChI is InChI=1S/C12H15BrN2S/c1-9-4-3-5-10(6-9)15(2)12-14-8-11(7-13)16-12/h3-6,11H,7-8H2,1-2H3. The van der Waals surface area contributed by atoms with Crippen molar-refractivity contribution >= 4 is 38.5 Å². The molecule has 1 aromatic carbocycles. The first-order chi connectivity index (χ1) is 7.70. The van der Waals surface area contributed by atoms with Crippen molar-refractivity contribution in [3.05, 3.63) is 29.8 Å². The molecule has 0 fully saturated rings.